The zero-order valence-electron chi connectivity index (χ0n) is 11.9. The molecule has 0 aromatic heterocycles. The molecule has 0 amide bonds. The van der Waals surface area contributed by atoms with E-state index >= 15 is 0 Å². The first-order valence-corrected chi connectivity index (χ1v) is 6.36. The fraction of sp³-hybridized carbons (Fsp3) is 1.00. The molecular weight excluding hydrogens is 328 g/mol. The summed E-state index contributed by atoms with van der Waals surface area (Å²) in [5.41, 5.74) is 0. The van der Waals surface area contributed by atoms with Gasteiger partial charge in [-0.3, -0.25) is 0 Å². The van der Waals surface area contributed by atoms with Crippen molar-refractivity contribution in [2.45, 2.75) is 58.3 Å². The van der Waals surface area contributed by atoms with Crippen LogP contribution >= 0.6 is 33.9 Å². The second kappa shape index (κ2) is 14.2. The zero-order chi connectivity index (χ0) is 10.9. The van der Waals surface area contributed by atoms with Crippen molar-refractivity contribution >= 4 is 33.9 Å². The van der Waals surface area contributed by atoms with Gasteiger partial charge in [0.1, 0.15) is 0 Å². The molecule has 102 valence electrons. The topological polar surface area (TPSA) is 0 Å². The van der Waals surface area contributed by atoms with Crippen LogP contribution in [0.1, 0.15) is 58.3 Å². The highest BCUT2D eigenvalue weighted by atomic mass is 127. The van der Waals surface area contributed by atoms with E-state index in [-0.39, 0.29) is 33.9 Å². The lowest BCUT2D eigenvalue weighted by atomic mass is 10.1. The van der Waals surface area contributed by atoms with Gasteiger partial charge in [0.15, 0.2) is 0 Å². The van der Waals surface area contributed by atoms with Gasteiger partial charge in [-0.15, -0.1) is 24.0 Å². The molecule has 0 aromatic rings. The number of halogens is 1. The Hall–Kier alpha value is 1.12. The highest BCUT2D eigenvalue weighted by Gasteiger charge is 2.04. The van der Waals surface area contributed by atoms with E-state index in [0.29, 0.717) is 0 Å². The minimum Gasteiger partial charge on any atom is -0.331 e. The van der Waals surface area contributed by atoms with Crippen LogP contribution in [0.15, 0.2) is 0 Å². The second-order valence-corrected chi connectivity index (χ2v) is 5.49. The second-order valence-electron chi connectivity index (χ2n) is 5.49. The van der Waals surface area contributed by atoms with Gasteiger partial charge >= 0.3 is 0 Å². The molecule has 0 aliphatic heterocycles. The molecule has 0 aromatic carbocycles. The van der Waals surface area contributed by atoms with Gasteiger partial charge in [-0.05, 0) is 12.8 Å². The third-order valence-electron chi connectivity index (χ3n) is 2.68. The van der Waals surface area contributed by atoms with E-state index in [1.807, 2.05) is 0 Å². The molecule has 0 rings (SSSR count). The van der Waals surface area contributed by atoms with Gasteiger partial charge in [0.05, 0.1) is 27.7 Å². The van der Waals surface area contributed by atoms with Crippen molar-refractivity contribution in [2.75, 3.05) is 27.7 Å². The molecule has 3 heteroatoms. The Kier molecular flexibility index (Phi) is 19.8. The molecule has 1 unspecified atom stereocenters. The Morgan fingerprint density at radius 3 is 1.44 bits per heavy atom. The summed E-state index contributed by atoms with van der Waals surface area (Å²) in [7, 11) is 6.84. The van der Waals surface area contributed by atoms with E-state index in [2.05, 4.69) is 28.1 Å². The van der Waals surface area contributed by atoms with Gasteiger partial charge in [0.2, 0.25) is 0 Å². The molecule has 0 fully saturated rings. The summed E-state index contributed by atoms with van der Waals surface area (Å²) >= 11 is 0. The molecule has 0 spiro atoms. The number of hydrogen-bond donors (Lipinski definition) is 0. The Labute approximate surface area is 124 Å². The fourth-order valence-electron chi connectivity index (χ4n) is 1.72. The number of hydrogen-bond acceptors (Lipinski definition) is 0. The van der Waals surface area contributed by atoms with E-state index in [9.17, 15) is 0 Å². The summed E-state index contributed by atoms with van der Waals surface area (Å²) in [5.74, 6) is 0. The first kappa shape index (κ1) is 22.3. The van der Waals surface area contributed by atoms with Crippen molar-refractivity contribution in [3.63, 3.8) is 0 Å². The van der Waals surface area contributed by atoms with Gasteiger partial charge in [-0.2, -0.15) is 9.90 Å². The number of nitrogens with zero attached hydrogens (tertiary/aromatic N) is 1. The van der Waals surface area contributed by atoms with Crippen molar-refractivity contribution in [2.24, 2.45) is 0 Å². The fourth-order valence-corrected chi connectivity index (χ4v) is 1.72. The number of quaternary nitrogens is 1. The predicted octanol–water partition coefficient (Wildman–Crippen LogP) is 4.51. The maximum atomic E-state index is 2.28. The lowest BCUT2D eigenvalue weighted by Gasteiger charge is -2.23. The molecule has 0 radical (unpaired) electrons. The molecule has 0 saturated heterocycles. The summed E-state index contributed by atoms with van der Waals surface area (Å²) in [6.07, 6.45) is 11.4. The maximum absolute atomic E-state index is 2.28. The van der Waals surface area contributed by atoms with Gasteiger partial charge < -0.3 is 4.48 Å². The zero-order valence-corrected chi connectivity index (χ0v) is 15.7. The molecular formula is C13H34INP+. The Balaban J connectivity index is -0.000000845. The van der Waals surface area contributed by atoms with Crippen molar-refractivity contribution in [1.29, 1.82) is 0 Å². The molecule has 0 aliphatic rings. The van der Waals surface area contributed by atoms with Crippen molar-refractivity contribution in [3.8, 4) is 0 Å². The standard InChI is InChI=1S/C13H30N.HI.H3P/c1-5-6-7-8-9-10-11-12-13-14(2,3)4;;/h5-13H2,1-4H3;1H;1H3/q+1;;. The normalized spacial score (nSPS) is 10.5. The summed E-state index contributed by atoms with van der Waals surface area (Å²) in [6, 6.07) is 0. The van der Waals surface area contributed by atoms with Crippen LogP contribution < -0.4 is 0 Å². The monoisotopic (exact) mass is 362 g/mol. The highest BCUT2D eigenvalue weighted by molar-refractivity contribution is 14.0. The summed E-state index contributed by atoms with van der Waals surface area (Å²) in [5, 5.41) is 0. The highest BCUT2D eigenvalue weighted by Crippen LogP contribution is 2.09. The predicted molar refractivity (Wildman–Crippen MR) is 92.0 cm³/mol. The largest absolute Gasteiger partial charge is 0.331 e. The van der Waals surface area contributed by atoms with Crippen molar-refractivity contribution in [1.82, 2.24) is 0 Å². The molecule has 1 atom stereocenters. The van der Waals surface area contributed by atoms with Crippen LogP contribution in [0.25, 0.3) is 0 Å². The van der Waals surface area contributed by atoms with E-state index < -0.39 is 0 Å². The van der Waals surface area contributed by atoms with Crippen LogP contribution in [-0.2, 0) is 0 Å². The third kappa shape index (κ3) is 20.5. The molecule has 1 nitrogen and oxygen atoms in total. The van der Waals surface area contributed by atoms with Gasteiger partial charge in [-0.1, -0.05) is 45.4 Å². The minimum atomic E-state index is 0. The smallest absolute Gasteiger partial charge is 0.0780 e. The molecule has 0 aliphatic carbocycles. The quantitative estimate of drug-likeness (QED) is 0.245. The first-order valence-electron chi connectivity index (χ1n) is 6.36. The Morgan fingerprint density at radius 2 is 1.06 bits per heavy atom. The average molecular weight is 362 g/mol. The van der Waals surface area contributed by atoms with E-state index in [1.165, 1.54) is 57.9 Å². The summed E-state index contributed by atoms with van der Waals surface area (Å²) in [6.45, 7) is 3.61. The number of unbranched alkanes of at least 4 members (excludes halogenated alkanes) is 7. The van der Waals surface area contributed by atoms with Gasteiger partial charge in [0.25, 0.3) is 0 Å². The summed E-state index contributed by atoms with van der Waals surface area (Å²) in [4.78, 5) is 0. The Morgan fingerprint density at radius 1 is 0.688 bits per heavy atom. The lowest BCUT2D eigenvalue weighted by molar-refractivity contribution is -0.870. The van der Waals surface area contributed by atoms with Crippen LogP contribution in [0.2, 0.25) is 0 Å². The molecule has 0 N–H and O–H groups in total. The van der Waals surface area contributed by atoms with E-state index in [0.717, 1.165) is 4.48 Å². The first-order chi connectivity index (χ1) is 6.56. The molecule has 16 heavy (non-hydrogen) atoms. The number of rotatable bonds is 9. The van der Waals surface area contributed by atoms with Crippen LogP contribution in [0, 0.1) is 0 Å². The summed E-state index contributed by atoms with van der Waals surface area (Å²) < 4.78 is 1.12. The van der Waals surface area contributed by atoms with Crippen LogP contribution in [0.3, 0.4) is 0 Å². The molecule has 0 saturated carbocycles. The lowest BCUT2D eigenvalue weighted by Crippen LogP contribution is -2.35. The molecule has 0 bridgehead atoms. The average Bonchev–Trinajstić information content (AvgIpc) is 2.08. The van der Waals surface area contributed by atoms with Crippen molar-refractivity contribution in [3.05, 3.63) is 0 Å². The van der Waals surface area contributed by atoms with Crippen LogP contribution in [-0.4, -0.2) is 32.2 Å². The third-order valence-corrected chi connectivity index (χ3v) is 2.68. The van der Waals surface area contributed by atoms with Gasteiger partial charge in [0, 0.05) is 0 Å². The molecule has 0 heterocycles. The SMILES string of the molecule is CCCCCCCCCC[N+](C)(C)C.I.P. The van der Waals surface area contributed by atoms with E-state index in [4.69, 9.17) is 0 Å². The van der Waals surface area contributed by atoms with Crippen LogP contribution in [0.4, 0.5) is 0 Å². The van der Waals surface area contributed by atoms with Gasteiger partial charge in [-0.25, -0.2) is 0 Å². The minimum absolute atomic E-state index is 0. The van der Waals surface area contributed by atoms with E-state index in [1.54, 1.807) is 0 Å². The maximum Gasteiger partial charge on any atom is 0.0780 e. The van der Waals surface area contributed by atoms with Crippen molar-refractivity contribution < 1.29 is 4.48 Å². The van der Waals surface area contributed by atoms with Crippen LogP contribution in [0.5, 0.6) is 0 Å². The Bertz CT molecular complexity index is 124.